The van der Waals surface area contributed by atoms with E-state index in [0.29, 0.717) is 12.1 Å². The lowest BCUT2D eigenvalue weighted by atomic mass is 9.95. The molecule has 1 N–H and O–H groups in total. The zero-order valence-electron chi connectivity index (χ0n) is 10.1. The lowest BCUT2D eigenvalue weighted by Crippen LogP contribution is -2.22. The Morgan fingerprint density at radius 1 is 1.24 bits per heavy atom. The van der Waals surface area contributed by atoms with Gasteiger partial charge < -0.3 is 5.32 Å². The first kappa shape index (κ1) is 14.0. The van der Waals surface area contributed by atoms with Crippen molar-refractivity contribution in [3.05, 3.63) is 35.4 Å². The summed E-state index contributed by atoms with van der Waals surface area (Å²) in [6, 6.07) is 5.78. The summed E-state index contributed by atoms with van der Waals surface area (Å²) in [5, 5.41) is 3.14. The monoisotopic (exact) mass is 245 g/mol. The summed E-state index contributed by atoms with van der Waals surface area (Å²) < 4.78 is 38.3. The molecule has 1 aromatic rings. The predicted molar refractivity (Wildman–Crippen MR) is 63.0 cm³/mol. The highest BCUT2D eigenvalue weighted by Gasteiger charge is 2.33. The van der Waals surface area contributed by atoms with E-state index in [9.17, 15) is 13.2 Å². The van der Waals surface area contributed by atoms with Crippen LogP contribution < -0.4 is 5.32 Å². The van der Waals surface area contributed by atoms with Crippen molar-refractivity contribution < 1.29 is 13.2 Å². The van der Waals surface area contributed by atoms with Crippen LogP contribution in [-0.2, 0) is 6.18 Å². The predicted octanol–water partition coefficient (Wildman–Crippen LogP) is 3.81. The Kier molecular flexibility index (Phi) is 5.00. The van der Waals surface area contributed by atoms with Gasteiger partial charge in [0.05, 0.1) is 5.56 Å². The van der Waals surface area contributed by atoms with Crippen molar-refractivity contribution in [2.24, 2.45) is 0 Å². The average Bonchev–Trinajstić information content (AvgIpc) is 2.28. The molecular weight excluding hydrogens is 227 g/mol. The van der Waals surface area contributed by atoms with Crippen molar-refractivity contribution in [3.8, 4) is 0 Å². The van der Waals surface area contributed by atoms with Gasteiger partial charge >= 0.3 is 6.18 Å². The number of rotatable bonds is 5. The molecule has 0 aliphatic carbocycles. The molecule has 0 aromatic heterocycles. The van der Waals surface area contributed by atoms with Crippen LogP contribution in [0.15, 0.2) is 24.3 Å². The molecule has 0 aliphatic heterocycles. The van der Waals surface area contributed by atoms with Crippen molar-refractivity contribution in [1.82, 2.24) is 5.32 Å². The summed E-state index contributed by atoms with van der Waals surface area (Å²) in [5.41, 5.74) is -0.158. The first-order valence-corrected chi connectivity index (χ1v) is 5.83. The van der Waals surface area contributed by atoms with Crippen LogP contribution in [0.3, 0.4) is 0 Å². The third kappa shape index (κ3) is 4.04. The molecule has 1 atom stereocenters. The fraction of sp³-hybridized carbons (Fsp3) is 0.538. The molecular formula is C13H18F3N. The van der Waals surface area contributed by atoms with Crippen LogP contribution in [0, 0.1) is 0 Å². The van der Waals surface area contributed by atoms with Crippen LogP contribution in [0.1, 0.15) is 37.3 Å². The summed E-state index contributed by atoms with van der Waals surface area (Å²) in [4.78, 5) is 0. The summed E-state index contributed by atoms with van der Waals surface area (Å²) >= 11 is 0. The Hall–Kier alpha value is -1.03. The van der Waals surface area contributed by atoms with E-state index in [0.717, 1.165) is 19.0 Å². The highest BCUT2D eigenvalue weighted by atomic mass is 19.4. The number of hydrogen-bond donors (Lipinski definition) is 1. The van der Waals surface area contributed by atoms with E-state index in [4.69, 9.17) is 0 Å². The van der Waals surface area contributed by atoms with Gasteiger partial charge in [0.15, 0.2) is 0 Å². The maximum atomic E-state index is 12.8. The molecule has 0 bridgehead atoms. The van der Waals surface area contributed by atoms with Crippen molar-refractivity contribution in [3.63, 3.8) is 0 Å². The maximum Gasteiger partial charge on any atom is 0.416 e. The lowest BCUT2D eigenvalue weighted by Gasteiger charge is -2.18. The molecule has 17 heavy (non-hydrogen) atoms. The molecule has 0 aliphatic rings. The third-order valence-corrected chi connectivity index (χ3v) is 2.67. The Morgan fingerprint density at radius 2 is 1.88 bits per heavy atom. The largest absolute Gasteiger partial charge is 0.416 e. The molecule has 0 saturated heterocycles. The Morgan fingerprint density at radius 3 is 2.47 bits per heavy atom. The SMILES string of the molecule is CCCNCC(C)c1ccccc1C(F)(F)F. The normalized spacial score (nSPS) is 13.7. The van der Waals surface area contributed by atoms with E-state index in [1.54, 1.807) is 12.1 Å². The second-order valence-corrected chi connectivity index (χ2v) is 4.19. The van der Waals surface area contributed by atoms with E-state index in [1.165, 1.54) is 6.07 Å². The van der Waals surface area contributed by atoms with Crippen molar-refractivity contribution in [1.29, 1.82) is 0 Å². The van der Waals surface area contributed by atoms with Crippen LogP contribution in [0.25, 0.3) is 0 Å². The Labute approximate surface area is 100 Å². The minimum Gasteiger partial charge on any atom is -0.316 e. The van der Waals surface area contributed by atoms with Gasteiger partial charge in [0.1, 0.15) is 0 Å². The van der Waals surface area contributed by atoms with Crippen LogP contribution in [0.2, 0.25) is 0 Å². The van der Waals surface area contributed by atoms with Crippen molar-refractivity contribution in [2.45, 2.75) is 32.4 Å². The van der Waals surface area contributed by atoms with Gasteiger partial charge in [-0.3, -0.25) is 0 Å². The molecule has 1 aromatic carbocycles. The van der Waals surface area contributed by atoms with Gasteiger partial charge in [-0.25, -0.2) is 0 Å². The van der Waals surface area contributed by atoms with Gasteiger partial charge in [0.2, 0.25) is 0 Å². The first-order chi connectivity index (χ1) is 7.96. The molecule has 1 nitrogen and oxygen atoms in total. The van der Waals surface area contributed by atoms with E-state index in [1.807, 2.05) is 13.8 Å². The lowest BCUT2D eigenvalue weighted by molar-refractivity contribution is -0.138. The minimum absolute atomic E-state index is 0.139. The number of alkyl halides is 3. The molecule has 1 rings (SSSR count). The molecule has 96 valence electrons. The summed E-state index contributed by atoms with van der Waals surface area (Å²) in [7, 11) is 0. The molecule has 4 heteroatoms. The zero-order valence-corrected chi connectivity index (χ0v) is 10.1. The molecule has 0 fully saturated rings. The van der Waals surface area contributed by atoms with Crippen LogP contribution in [-0.4, -0.2) is 13.1 Å². The van der Waals surface area contributed by atoms with E-state index in [2.05, 4.69) is 5.32 Å². The van der Waals surface area contributed by atoms with E-state index < -0.39 is 11.7 Å². The Balaban J connectivity index is 2.82. The molecule has 0 amide bonds. The number of hydrogen-bond acceptors (Lipinski definition) is 1. The summed E-state index contributed by atoms with van der Waals surface area (Å²) in [5.74, 6) is -0.139. The molecule has 0 heterocycles. The first-order valence-electron chi connectivity index (χ1n) is 5.83. The standard InChI is InChI=1S/C13H18F3N/c1-3-8-17-9-10(2)11-6-4-5-7-12(11)13(14,15)16/h4-7,10,17H,3,8-9H2,1-2H3. The van der Waals surface area contributed by atoms with Gasteiger partial charge in [0.25, 0.3) is 0 Å². The van der Waals surface area contributed by atoms with Crippen molar-refractivity contribution >= 4 is 0 Å². The van der Waals surface area contributed by atoms with Gasteiger partial charge in [-0.05, 0) is 30.5 Å². The van der Waals surface area contributed by atoms with Crippen LogP contribution in [0.5, 0.6) is 0 Å². The third-order valence-electron chi connectivity index (χ3n) is 2.67. The van der Waals surface area contributed by atoms with E-state index >= 15 is 0 Å². The quantitative estimate of drug-likeness (QED) is 0.778. The highest BCUT2D eigenvalue weighted by Crippen LogP contribution is 2.34. The average molecular weight is 245 g/mol. The molecule has 0 spiro atoms. The molecule has 0 radical (unpaired) electrons. The van der Waals surface area contributed by atoms with Crippen molar-refractivity contribution in [2.75, 3.05) is 13.1 Å². The fourth-order valence-electron chi connectivity index (χ4n) is 1.79. The zero-order chi connectivity index (χ0) is 12.9. The van der Waals surface area contributed by atoms with Crippen LogP contribution >= 0.6 is 0 Å². The van der Waals surface area contributed by atoms with Gasteiger partial charge in [-0.1, -0.05) is 32.0 Å². The highest BCUT2D eigenvalue weighted by molar-refractivity contribution is 5.32. The summed E-state index contributed by atoms with van der Waals surface area (Å²) in [6.45, 7) is 5.24. The topological polar surface area (TPSA) is 12.0 Å². The second kappa shape index (κ2) is 6.05. The summed E-state index contributed by atoms with van der Waals surface area (Å²) in [6.07, 6.45) is -3.29. The maximum absolute atomic E-state index is 12.8. The minimum atomic E-state index is -4.27. The van der Waals surface area contributed by atoms with Gasteiger partial charge in [-0.15, -0.1) is 0 Å². The fourth-order valence-corrected chi connectivity index (χ4v) is 1.79. The van der Waals surface area contributed by atoms with Gasteiger partial charge in [0, 0.05) is 6.54 Å². The molecule has 0 saturated carbocycles. The van der Waals surface area contributed by atoms with Gasteiger partial charge in [-0.2, -0.15) is 13.2 Å². The number of nitrogens with one attached hydrogen (secondary N) is 1. The van der Waals surface area contributed by atoms with Crippen LogP contribution in [0.4, 0.5) is 13.2 Å². The molecule has 1 unspecified atom stereocenters. The number of halogens is 3. The Bertz CT molecular complexity index is 347. The second-order valence-electron chi connectivity index (χ2n) is 4.19. The smallest absolute Gasteiger partial charge is 0.316 e. The van der Waals surface area contributed by atoms with E-state index in [-0.39, 0.29) is 5.92 Å². The number of benzene rings is 1.